The first-order chi connectivity index (χ1) is 9.56. The van der Waals surface area contributed by atoms with Crippen molar-refractivity contribution in [1.82, 2.24) is 10.3 Å². The zero-order valence-electron chi connectivity index (χ0n) is 11.4. The molecule has 0 saturated heterocycles. The van der Waals surface area contributed by atoms with Crippen LogP contribution < -0.4 is 5.32 Å². The van der Waals surface area contributed by atoms with Crippen LogP contribution in [0.1, 0.15) is 17.2 Å². The number of hydrogen-bond donors (Lipinski definition) is 1. The molecular formula is C15H18N2O2S. The van der Waals surface area contributed by atoms with Crippen molar-refractivity contribution in [2.75, 3.05) is 18.6 Å². The lowest BCUT2D eigenvalue weighted by molar-refractivity contribution is 0.586. The smallest absolute Gasteiger partial charge is 0.148 e. The maximum Gasteiger partial charge on any atom is 0.148 e. The van der Waals surface area contributed by atoms with E-state index in [-0.39, 0.29) is 11.8 Å². The van der Waals surface area contributed by atoms with Crippen LogP contribution in [0, 0.1) is 0 Å². The van der Waals surface area contributed by atoms with Crippen LogP contribution in [0.4, 0.5) is 0 Å². The maximum absolute atomic E-state index is 11.2. The van der Waals surface area contributed by atoms with Gasteiger partial charge in [-0.1, -0.05) is 30.3 Å². The van der Waals surface area contributed by atoms with Crippen molar-refractivity contribution in [3.8, 4) is 0 Å². The maximum atomic E-state index is 11.2. The summed E-state index contributed by atoms with van der Waals surface area (Å²) >= 11 is 0. The van der Waals surface area contributed by atoms with E-state index in [1.807, 2.05) is 42.5 Å². The monoisotopic (exact) mass is 290 g/mol. The molecule has 0 amide bonds. The third-order valence-electron chi connectivity index (χ3n) is 2.99. The van der Waals surface area contributed by atoms with Gasteiger partial charge in [-0.3, -0.25) is 4.98 Å². The topological polar surface area (TPSA) is 59.1 Å². The van der Waals surface area contributed by atoms with Gasteiger partial charge in [-0.15, -0.1) is 0 Å². The van der Waals surface area contributed by atoms with E-state index in [0.717, 1.165) is 11.1 Å². The van der Waals surface area contributed by atoms with Crippen molar-refractivity contribution < 1.29 is 8.42 Å². The lowest BCUT2D eigenvalue weighted by Gasteiger charge is -2.19. The van der Waals surface area contributed by atoms with Crippen LogP contribution in [0.2, 0.25) is 0 Å². The molecule has 0 fully saturated rings. The van der Waals surface area contributed by atoms with Gasteiger partial charge in [0.25, 0.3) is 0 Å². The van der Waals surface area contributed by atoms with Gasteiger partial charge in [-0.2, -0.15) is 0 Å². The van der Waals surface area contributed by atoms with Crippen LogP contribution in [0.15, 0.2) is 54.9 Å². The van der Waals surface area contributed by atoms with Crippen LogP contribution in [0.5, 0.6) is 0 Å². The van der Waals surface area contributed by atoms with Crippen molar-refractivity contribution in [1.29, 1.82) is 0 Å². The highest BCUT2D eigenvalue weighted by Gasteiger charge is 2.13. The number of hydrogen-bond acceptors (Lipinski definition) is 4. The van der Waals surface area contributed by atoms with Crippen molar-refractivity contribution in [2.24, 2.45) is 0 Å². The minimum absolute atomic E-state index is 0.0269. The van der Waals surface area contributed by atoms with E-state index >= 15 is 0 Å². The molecule has 0 aliphatic heterocycles. The molecule has 1 aromatic carbocycles. The summed E-state index contributed by atoms with van der Waals surface area (Å²) in [5.74, 6) is 0.126. The molecule has 1 atom stereocenters. The molecule has 2 rings (SSSR count). The number of sulfone groups is 1. The highest BCUT2D eigenvalue weighted by molar-refractivity contribution is 7.90. The van der Waals surface area contributed by atoms with Gasteiger partial charge in [-0.25, -0.2) is 8.42 Å². The third-order valence-corrected chi connectivity index (χ3v) is 3.94. The van der Waals surface area contributed by atoms with E-state index < -0.39 is 9.84 Å². The van der Waals surface area contributed by atoms with Gasteiger partial charge >= 0.3 is 0 Å². The summed E-state index contributed by atoms with van der Waals surface area (Å²) in [6.07, 6.45) is 4.73. The first-order valence-corrected chi connectivity index (χ1v) is 8.48. The molecule has 5 heteroatoms. The van der Waals surface area contributed by atoms with E-state index in [9.17, 15) is 8.42 Å². The van der Waals surface area contributed by atoms with Gasteiger partial charge in [0.05, 0.1) is 11.8 Å². The Kier molecular flexibility index (Phi) is 4.87. The van der Waals surface area contributed by atoms with Gasteiger partial charge in [0.1, 0.15) is 9.84 Å². The van der Waals surface area contributed by atoms with Crippen LogP contribution in [0.3, 0.4) is 0 Å². The van der Waals surface area contributed by atoms with Gasteiger partial charge < -0.3 is 5.32 Å². The van der Waals surface area contributed by atoms with E-state index in [2.05, 4.69) is 10.3 Å². The Morgan fingerprint density at radius 1 is 1.05 bits per heavy atom. The van der Waals surface area contributed by atoms with E-state index in [0.29, 0.717) is 6.54 Å². The SMILES string of the molecule is CS(=O)(=O)CCNC(c1ccccc1)c1ccncc1. The second kappa shape index (κ2) is 6.63. The molecule has 1 heterocycles. The van der Waals surface area contributed by atoms with Gasteiger partial charge in [0.15, 0.2) is 0 Å². The van der Waals surface area contributed by atoms with E-state index in [1.165, 1.54) is 6.26 Å². The summed E-state index contributed by atoms with van der Waals surface area (Å²) < 4.78 is 22.5. The zero-order valence-corrected chi connectivity index (χ0v) is 12.2. The van der Waals surface area contributed by atoms with Gasteiger partial charge in [0, 0.05) is 25.2 Å². The largest absolute Gasteiger partial charge is 0.305 e. The molecule has 0 saturated carbocycles. The molecule has 1 N–H and O–H groups in total. The molecule has 106 valence electrons. The second-order valence-electron chi connectivity index (χ2n) is 4.71. The Bertz CT molecular complexity index is 588. The Hall–Kier alpha value is -1.72. The van der Waals surface area contributed by atoms with Gasteiger partial charge in [0.2, 0.25) is 0 Å². The number of aromatic nitrogens is 1. The predicted molar refractivity (Wildman–Crippen MR) is 80.2 cm³/mol. The molecule has 20 heavy (non-hydrogen) atoms. The van der Waals surface area contributed by atoms with Crippen molar-refractivity contribution in [3.63, 3.8) is 0 Å². The predicted octanol–water partition coefficient (Wildman–Crippen LogP) is 1.81. The lowest BCUT2D eigenvalue weighted by atomic mass is 10.00. The minimum atomic E-state index is -2.96. The number of pyridine rings is 1. The summed E-state index contributed by atoms with van der Waals surface area (Å²) in [5.41, 5.74) is 2.17. The summed E-state index contributed by atoms with van der Waals surface area (Å²) in [6.45, 7) is 0.417. The molecular weight excluding hydrogens is 272 g/mol. The second-order valence-corrected chi connectivity index (χ2v) is 6.97. The van der Waals surface area contributed by atoms with E-state index in [1.54, 1.807) is 12.4 Å². The minimum Gasteiger partial charge on any atom is -0.305 e. The normalized spacial score (nSPS) is 13.1. The fourth-order valence-electron chi connectivity index (χ4n) is 2.02. The average Bonchev–Trinajstić information content (AvgIpc) is 2.44. The molecule has 0 aliphatic rings. The highest BCUT2D eigenvalue weighted by atomic mass is 32.2. The Balaban J connectivity index is 2.17. The first-order valence-electron chi connectivity index (χ1n) is 6.42. The van der Waals surface area contributed by atoms with Crippen LogP contribution in [-0.4, -0.2) is 32.0 Å². The lowest BCUT2D eigenvalue weighted by Crippen LogP contribution is -2.27. The van der Waals surface area contributed by atoms with Crippen molar-refractivity contribution in [2.45, 2.75) is 6.04 Å². The van der Waals surface area contributed by atoms with Crippen LogP contribution >= 0.6 is 0 Å². The fraction of sp³-hybridized carbons (Fsp3) is 0.267. The summed E-state index contributed by atoms with van der Waals surface area (Å²) in [4.78, 5) is 4.02. The molecule has 0 aliphatic carbocycles. The molecule has 1 aromatic heterocycles. The third kappa shape index (κ3) is 4.43. The molecule has 0 radical (unpaired) electrons. The number of rotatable bonds is 6. The summed E-state index contributed by atoms with van der Waals surface area (Å²) in [6, 6.07) is 13.8. The van der Waals surface area contributed by atoms with Crippen molar-refractivity contribution >= 4 is 9.84 Å². The Labute approximate surface area is 119 Å². The molecule has 0 spiro atoms. The quantitative estimate of drug-likeness (QED) is 0.881. The standard InChI is InChI=1S/C15H18N2O2S/c1-20(18,19)12-11-17-15(13-5-3-2-4-6-13)14-7-9-16-10-8-14/h2-10,15,17H,11-12H2,1H3. The molecule has 4 nitrogen and oxygen atoms in total. The Morgan fingerprint density at radius 2 is 1.65 bits per heavy atom. The zero-order chi connectivity index (χ0) is 14.4. The van der Waals surface area contributed by atoms with Crippen LogP contribution in [0.25, 0.3) is 0 Å². The number of benzene rings is 1. The number of nitrogens with zero attached hydrogens (tertiary/aromatic N) is 1. The Morgan fingerprint density at radius 3 is 2.25 bits per heavy atom. The van der Waals surface area contributed by atoms with Gasteiger partial charge in [-0.05, 0) is 23.3 Å². The summed E-state index contributed by atoms with van der Waals surface area (Å²) in [5, 5.41) is 3.30. The van der Waals surface area contributed by atoms with Crippen molar-refractivity contribution in [3.05, 3.63) is 66.0 Å². The first kappa shape index (κ1) is 14.7. The molecule has 0 bridgehead atoms. The number of nitrogens with one attached hydrogen (secondary N) is 1. The average molecular weight is 290 g/mol. The molecule has 1 unspecified atom stereocenters. The highest BCUT2D eigenvalue weighted by Crippen LogP contribution is 2.20. The fourth-order valence-corrected chi connectivity index (χ4v) is 2.51. The summed E-state index contributed by atoms with van der Waals surface area (Å²) in [7, 11) is -2.96. The van der Waals surface area contributed by atoms with Crippen LogP contribution in [-0.2, 0) is 9.84 Å². The van der Waals surface area contributed by atoms with E-state index in [4.69, 9.17) is 0 Å². The molecule has 2 aromatic rings.